The van der Waals surface area contributed by atoms with E-state index in [0.29, 0.717) is 14.7 Å². The molecular formula is C10H11BrFNOS. The summed E-state index contributed by atoms with van der Waals surface area (Å²) in [7, 11) is 0. The van der Waals surface area contributed by atoms with Crippen LogP contribution in [-0.4, -0.2) is 22.9 Å². The monoisotopic (exact) mass is 291 g/mol. The van der Waals surface area contributed by atoms with Crippen molar-refractivity contribution in [1.29, 1.82) is 0 Å². The Morgan fingerprint density at radius 2 is 2.47 bits per heavy atom. The van der Waals surface area contributed by atoms with Gasteiger partial charge in [0.05, 0.1) is 6.10 Å². The summed E-state index contributed by atoms with van der Waals surface area (Å²) in [5.74, 6) is -0.270. The third kappa shape index (κ3) is 2.71. The van der Waals surface area contributed by atoms with E-state index in [1.54, 1.807) is 6.20 Å². The van der Waals surface area contributed by atoms with Gasteiger partial charge in [0.15, 0.2) is 5.82 Å². The molecule has 2 atom stereocenters. The van der Waals surface area contributed by atoms with E-state index in [0.717, 1.165) is 13.0 Å². The highest BCUT2D eigenvalue weighted by atomic mass is 79.9. The summed E-state index contributed by atoms with van der Waals surface area (Å²) < 4.78 is 19.6. The Hall–Kier alpha value is -0.130. The van der Waals surface area contributed by atoms with Crippen LogP contribution in [-0.2, 0) is 4.74 Å². The number of rotatable bonds is 2. The van der Waals surface area contributed by atoms with E-state index in [2.05, 4.69) is 20.9 Å². The molecule has 0 aromatic carbocycles. The van der Waals surface area contributed by atoms with Crippen LogP contribution in [0.5, 0.6) is 0 Å². The van der Waals surface area contributed by atoms with Gasteiger partial charge in [-0.1, -0.05) is 11.8 Å². The van der Waals surface area contributed by atoms with E-state index < -0.39 is 0 Å². The third-order valence-electron chi connectivity index (χ3n) is 2.34. The molecule has 0 amide bonds. The Morgan fingerprint density at radius 1 is 1.67 bits per heavy atom. The predicted octanol–water partition coefficient (Wildman–Crippen LogP) is 3.25. The zero-order chi connectivity index (χ0) is 10.8. The first kappa shape index (κ1) is 11.4. The molecule has 0 N–H and O–H groups in total. The minimum Gasteiger partial charge on any atom is -0.377 e. The van der Waals surface area contributed by atoms with Crippen molar-refractivity contribution in [3.8, 4) is 0 Å². The molecular weight excluding hydrogens is 281 g/mol. The summed E-state index contributed by atoms with van der Waals surface area (Å²) in [4.78, 5) is 4.06. The number of ether oxygens (including phenoxy) is 1. The van der Waals surface area contributed by atoms with Gasteiger partial charge in [0.2, 0.25) is 0 Å². The lowest BCUT2D eigenvalue weighted by Crippen LogP contribution is -2.13. The molecule has 2 unspecified atom stereocenters. The molecule has 0 aliphatic carbocycles. The fourth-order valence-electron chi connectivity index (χ4n) is 1.50. The second-order valence-electron chi connectivity index (χ2n) is 3.46. The molecule has 5 heteroatoms. The molecule has 82 valence electrons. The van der Waals surface area contributed by atoms with Gasteiger partial charge in [0.25, 0.3) is 0 Å². The van der Waals surface area contributed by atoms with Crippen molar-refractivity contribution < 1.29 is 9.13 Å². The van der Waals surface area contributed by atoms with Gasteiger partial charge in [-0.15, -0.1) is 0 Å². The topological polar surface area (TPSA) is 22.1 Å². The van der Waals surface area contributed by atoms with Crippen molar-refractivity contribution in [3.05, 3.63) is 22.6 Å². The summed E-state index contributed by atoms with van der Waals surface area (Å²) in [6, 6.07) is 1.44. The molecule has 1 saturated heterocycles. The lowest BCUT2D eigenvalue weighted by atomic mass is 10.3. The summed E-state index contributed by atoms with van der Waals surface area (Å²) in [5, 5.41) is 0.772. The minimum atomic E-state index is -0.270. The number of pyridine rings is 1. The second-order valence-corrected chi connectivity index (χ2v) is 5.60. The van der Waals surface area contributed by atoms with Crippen LogP contribution < -0.4 is 0 Å². The molecule has 2 rings (SSSR count). The highest BCUT2D eigenvalue weighted by Gasteiger charge is 2.26. The average Bonchev–Trinajstić information content (AvgIpc) is 2.57. The van der Waals surface area contributed by atoms with Crippen molar-refractivity contribution in [2.75, 3.05) is 6.61 Å². The molecule has 15 heavy (non-hydrogen) atoms. The Labute approximate surface area is 101 Å². The van der Waals surface area contributed by atoms with E-state index in [4.69, 9.17) is 4.74 Å². The summed E-state index contributed by atoms with van der Waals surface area (Å²) in [6.45, 7) is 2.78. The minimum absolute atomic E-state index is 0.180. The van der Waals surface area contributed by atoms with Crippen molar-refractivity contribution >= 4 is 27.7 Å². The van der Waals surface area contributed by atoms with E-state index >= 15 is 0 Å². The highest BCUT2D eigenvalue weighted by Crippen LogP contribution is 2.33. The standard InChI is InChI=1S/C10H11BrFNOS/c1-6-9(2-3-14-6)15-10-8(12)4-7(11)5-13-10/h4-6,9H,2-3H2,1H3. The molecule has 1 aliphatic heterocycles. The molecule has 1 aliphatic rings. The Kier molecular flexibility index (Phi) is 3.64. The first-order valence-corrected chi connectivity index (χ1v) is 6.43. The average molecular weight is 292 g/mol. The normalized spacial score (nSPS) is 25.8. The number of hydrogen-bond acceptors (Lipinski definition) is 3. The SMILES string of the molecule is CC1OCCC1Sc1ncc(Br)cc1F. The van der Waals surface area contributed by atoms with Crippen LogP contribution in [0, 0.1) is 5.82 Å². The van der Waals surface area contributed by atoms with Gasteiger partial charge < -0.3 is 4.74 Å². The Morgan fingerprint density at radius 3 is 3.07 bits per heavy atom. The second kappa shape index (κ2) is 4.80. The van der Waals surface area contributed by atoms with Gasteiger partial charge in [-0.2, -0.15) is 0 Å². The van der Waals surface area contributed by atoms with E-state index in [-0.39, 0.29) is 11.9 Å². The number of hydrogen-bond donors (Lipinski definition) is 0. The largest absolute Gasteiger partial charge is 0.377 e. The van der Waals surface area contributed by atoms with Crippen molar-refractivity contribution in [3.63, 3.8) is 0 Å². The Balaban J connectivity index is 2.10. The maximum absolute atomic E-state index is 13.5. The molecule has 0 bridgehead atoms. The number of nitrogens with zero attached hydrogens (tertiary/aromatic N) is 1. The van der Waals surface area contributed by atoms with E-state index in [9.17, 15) is 4.39 Å². The van der Waals surface area contributed by atoms with Crippen LogP contribution in [0.3, 0.4) is 0 Å². The van der Waals surface area contributed by atoms with Crippen molar-refractivity contribution in [2.24, 2.45) is 0 Å². The van der Waals surface area contributed by atoms with Crippen molar-refractivity contribution in [1.82, 2.24) is 4.98 Å². The number of thioether (sulfide) groups is 1. The molecule has 1 fully saturated rings. The van der Waals surface area contributed by atoms with Crippen LogP contribution >= 0.6 is 27.7 Å². The van der Waals surface area contributed by atoms with Crippen LogP contribution in [0.1, 0.15) is 13.3 Å². The fourth-order valence-corrected chi connectivity index (χ4v) is 2.86. The molecule has 0 saturated carbocycles. The van der Waals surface area contributed by atoms with Crippen molar-refractivity contribution in [2.45, 2.75) is 29.7 Å². The van der Waals surface area contributed by atoms with E-state index in [1.165, 1.54) is 17.8 Å². The van der Waals surface area contributed by atoms with Gasteiger partial charge in [0.1, 0.15) is 5.03 Å². The molecule has 2 nitrogen and oxygen atoms in total. The predicted molar refractivity (Wildman–Crippen MR) is 61.6 cm³/mol. The molecule has 2 heterocycles. The number of aromatic nitrogens is 1. The number of halogens is 2. The molecule has 1 aromatic heterocycles. The molecule has 0 radical (unpaired) electrons. The summed E-state index contributed by atoms with van der Waals surface area (Å²) in [6.07, 6.45) is 2.76. The summed E-state index contributed by atoms with van der Waals surface area (Å²) in [5.41, 5.74) is 0. The molecule has 0 spiro atoms. The Bertz CT molecular complexity index is 363. The first-order chi connectivity index (χ1) is 7.16. The maximum atomic E-state index is 13.5. The lowest BCUT2D eigenvalue weighted by molar-refractivity contribution is 0.127. The maximum Gasteiger partial charge on any atom is 0.156 e. The van der Waals surface area contributed by atoms with Gasteiger partial charge in [-0.05, 0) is 35.3 Å². The van der Waals surface area contributed by atoms with Crippen LogP contribution in [0.15, 0.2) is 21.8 Å². The van der Waals surface area contributed by atoms with Gasteiger partial charge in [-0.25, -0.2) is 9.37 Å². The fraction of sp³-hybridized carbons (Fsp3) is 0.500. The zero-order valence-corrected chi connectivity index (χ0v) is 10.6. The van der Waals surface area contributed by atoms with Crippen LogP contribution in [0.4, 0.5) is 4.39 Å². The molecule has 1 aromatic rings. The smallest absolute Gasteiger partial charge is 0.156 e. The van der Waals surface area contributed by atoms with E-state index in [1.807, 2.05) is 6.92 Å². The third-order valence-corrected chi connectivity index (χ3v) is 4.22. The van der Waals surface area contributed by atoms with Gasteiger partial charge in [0, 0.05) is 22.5 Å². The quantitative estimate of drug-likeness (QED) is 0.835. The van der Waals surface area contributed by atoms with Crippen LogP contribution in [0.2, 0.25) is 0 Å². The summed E-state index contributed by atoms with van der Waals surface area (Å²) >= 11 is 4.65. The zero-order valence-electron chi connectivity index (χ0n) is 8.24. The lowest BCUT2D eigenvalue weighted by Gasteiger charge is -2.12. The van der Waals surface area contributed by atoms with Gasteiger partial charge >= 0.3 is 0 Å². The highest BCUT2D eigenvalue weighted by molar-refractivity contribution is 9.10. The van der Waals surface area contributed by atoms with Crippen LogP contribution in [0.25, 0.3) is 0 Å². The first-order valence-electron chi connectivity index (χ1n) is 4.76. The van der Waals surface area contributed by atoms with Gasteiger partial charge in [-0.3, -0.25) is 0 Å².